The van der Waals surface area contributed by atoms with Gasteiger partial charge in [-0.1, -0.05) is 12.1 Å². The van der Waals surface area contributed by atoms with Gasteiger partial charge in [0.1, 0.15) is 0 Å². The first-order valence-electron chi connectivity index (χ1n) is 7.74. The number of carbonyl (C=O) groups excluding carboxylic acids is 2. The van der Waals surface area contributed by atoms with Gasteiger partial charge in [-0.15, -0.1) is 0 Å². The molecule has 0 aliphatic carbocycles. The van der Waals surface area contributed by atoms with Crippen LogP contribution in [0.15, 0.2) is 24.3 Å². The van der Waals surface area contributed by atoms with E-state index in [9.17, 15) is 9.59 Å². The third-order valence-electron chi connectivity index (χ3n) is 3.61. The highest BCUT2D eigenvalue weighted by molar-refractivity contribution is 5.76. The molecule has 1 aromatic carbocycles. The summed E-state index contributed by atoms with van der Waals surface area (Å²) >= 11 is 0. The van der Waals surface area contributed by atoms with Gasteiger partial charge >= 0.3 is 6.03 Å². The number of hydrogen-bond acceptors (Lipinski definition) is 4. The van der Waals surface area contributed by atoms with E-state index in [0.29, 0.717) is 44.3 Å². The number of nitrogens with one attached hydrogen (secondary N) is 1. The van der Waals surface area contributed by atoms with Crippen LogP contribution in [0.5, 0.6) is 11.5 Å². The van der Waals surface area contributed by atoms with E-state index < -0.39 is 0 Å². The highest BCUT2D eigenvalue weighted by atomic mass is 16.5. The Morgan fingerprint density at radius 3 is 2.17 bits per heavy atom. The highest BCUT2D eigenvalue weighted by Gasteiger charge is 2.22. The maximum absolute atomic E-state index is 12.1. The fourth-order valence-electron chi connectivity index (χ4n) is 2.36. The van der Waals surface area contributed by atoms with Crippen molar-refractivity contribution in [2.45, 2.75) is 13.8 Å². The van der Waals surface area contributed by atoms with Gasteiger partial charge in [-0.25, -0.2) is 4.79 Å². The van der Waals surface area contributed by atoms with Crippen LogP contribution in [-0.2, 0) is 4.79 Å². The van der Waals surface area contributed by atoms with Crippen molar-refractivity contribution in [3.05, 3.63) is 24.3 Å². The summed E-state index contributed by atoms with van der Waals surface area (Å²) in [6.45, 7) is 6.25. The van der Waals surface area contributed by atoms with Gasteiger partial charge in [-0.3, -0.25) is 4.79 Å². The Labute approximate surface area is 136 Å². The number of rotatable bonds is 5. The minimum Gasteiger partial charge on any atom is -0.490 e. The van der Waals surface area contributed by atoms with E-state index in [-0.39, 0.29) is 18.7 Å². The summed E-state index contributed by atoms with van der Waals surface area (Å²) in [5.41, 5.74) is 0. The van der Waals surface area contributed by atoms with Crippen molar-refractivity contribution >= 4 is 11.9 Å². The number of para-hydroxylation sites is 2. The van der Waals surface area contributed by atoms with Gasteiger partial charge in [0.15, 0.2) is 18.2 Å². The lowest BCUT2D eigenvalue weighted by molar-refractivity contribution is -0.130. The zero-order chi connectivity index (χ0) is 16.7. The molecule has 1 aromatic rings. The van der Waals surface area contributed by atoms with Crippen molar-refractivity contribution < 1.29 is 19.1 Å². The Hall–Kier alpha value is -2.44. The summed E-state index contributed by atoms with van der Waals surface area (Å²) in [6.07, 6.45) is 0. The lowest BCUT2D eigenvalue weighted by Crippen LogP contribution is -2.53. The molecular weight excluding hydrogens is 298 g/mol. The highest BCUT2D eigenvalue weighted by Crippen LogP contribution is 2.25. The van der Waals surface area contributed by atoms with Gasteiger partial charge in [0.2, 0.25) is 5.91 Å². The fourth-order valence-corrected chi connectivity index (χ4v) is 2.36. The maximum Gasteiger partial charge on any atom is 0.320 e. The monoisotopic (exact) mass is 321 g/mol. The molecule has 126 valence electrons. The zero-order valence-corrected chi connectivity index (χ0v) is 13.6. The van der Waals surface area contributed by atoms with Crippen LogP contribution in [0.3, 0.4) is 0 Å². The second-order valence-corrected chi connectivity index (χ2v) is 5.14. The topological polar surface area (TPSA) is 71.1 Å². The Morgan fingerprint density at radius 2 is 1.61 bits per heavy atom. The van der Waals surface area contributed by atoms with E-state index in [1.807, 2.05) is 25.1 Å². The quantitative estimate of drug-likeness (QED) is 0.830. The molecule has 0 atom stereocenters. The van der Waals surface area contributed by atoms with Crippen molar-refractivity contribution in [1.82, 2.24) is 15.1 Å². The minimum atomic E-state index is -0.193. The second-order valence-electron chi connectivity index (χ2n) is 5.14. The van der Waals surface area contributed by atoms with Crippen LogP contribution in [0.4, 0.5) is 4.79 Å². The molecule has 1 fully saturated rings. The van der Waals surface area contributed by atoms with Gasteiger partial charge in [0.25, 0.3) is 0 Å². The summed E-state index contributed by atoms with van der Waals surface area (Å²) in [6, 6.07) is 7.14. The first-order chi connectivity index (χ1) is 11.1. The normalized spacial score (nSPS) is 14.3. The van der Waals surface area contributed by atoms with E-state index in [1.54, 1.807) is 22.8 Å². The van der Waals surface area contributed by atoms with Crippen LogP contribution < -0.4 is 14.8 Å². The lowest BCUT2D eigenvalue weighted by atomic mass is 10.3. The molecule has 7 heteroatoms. The Bertz CT molecular complexity index is 542. The van der Waals surface area contributed by atoms with Crippen LogP contribution in [-0.4, -0.2) is 61.3 Å². The molecule has 0 bridgehead atoms. The van der Waals surface area contributed by atoms with E-state index in [1.165, 1.54) is 0 Å². The number of hydrogen-bond donors (Lipinski definition) is 1. The molecule has 1 N–H and O–H groups in total. The van der Waals surface area contributed by atoms with Crippen molar-refractivity contribution in [2.75, 3.05) is 39.5 Å². The summed E-state index contributed by atoms with van der Waals surface area (Å²) in [4.78, 5) is 26.8. The van der Waals surface area contributed by atoms with Crippen molar-refractivity contribution in [3.63, 3.8) is 0 Å². The molecule has 0 radical (unpaired) electrons. The van der Waals surface area contributed by atoms with Crippen LogP contribution >= 0.6 is 0 Å². The van der Waals surface area contributed by atoms with Gasteiger partial charge in [-0.05, 0) is 19.1 Å². The molecule has 23 heavy (non-hydrogen) atoms. The van der Waals surface area contributed by atoms with Gasteiger partial charge < -0.3 is 24.6 Å². The third-order valence-corrected chi connectivity index (χ3v) is 3.61. The molecule has 1 saturated heterocycles. The molecule has 1 heterocycles. The lowest BCUT2D eigenvalue weighted by Gasteiger charge is -2.34. The molecule has 0 unspecified atom stereocenters. The zero-order valence-electron chi connectivity index (χ0n) is 13.6. The van der Waals surface area contributed by atoms with Crippen molar-refractivity contribution in [1.29, 1.82) is 0 Å². The number of ether oxygens (including phenoxy) is 2. The predicted octanol–water partition coefficient (Wildman–Crippen LogP) is 1.30. The summed E-state index contributed by atoms with van der Waals surface area (Å²) in [5.74, 6) is 1.29. The first kappa shape index (κ1) is 16.9. The number of piperazine rings is 1. The van der Waals surface area contributed by atoms with Crippen molar-refractivity contribution in [2.24, 2.45) is 0 Å². The molecular formula is C16H23N3O4. The largest absolute Gasteiger partial charge is 0.490 e. The molecule has 0 spiro atoms. The van der Waals surface area contributed by atoms with E-state index in [4.69, 9.17) is 9.47 Å². The van der Waals surface area contributed by atoms with Crippen LogP contribution in [0.2, 0.25) is 0 Å². The summed E-state index contributed by atoms with van der Waals surface area (Å²) in [7, 11) is 0. The molecule has 1 aliphatic heterocycles. The van der Waals surface area contributed by atoms with E-state index in [0.717, 1.165) is 0 Å². The number of urea groups is 1. The SMILES string of the molecule is CCOc1ccccc1OCNC(=O)N1CCN(C(C)=O)CC1. The number of benzene rings is 1. The Kier molecular flexibility index (Phi) is 6.08. The molecule has 3 amide bonds. The number of amides is 3. The average molecular weight is 321 g/mol. The molecule has 0 saturated carbocycles. The second kappa shape index (κ2) is 8.26. The minimum absolute atomic E-state index is 0.0425. The Morgan fingerprint density at radius 1 is 1.04 bits per heavy atom. The third kappa shape index (κ3) is 4.77. The fraction of sp³-hybridized carbons (Fsp3) is 0.500. The van der Waals surface area contributed by atoms with Crippen LogP contribution in [0.1, 0.15) is 13.8 Å². The number of nitrogens with zero attached hydrogens (tertiary/aromatic N) is 2. The standard InChI is InChI=1S/C16H23N3O4/c1-3-22-14-6-4-5-7-15(14)23-12-17-16(21)19-10-8-18(9-11-19)13(2)20/h4-7H,3,8-12H2,1-2H3,(H,17,21). The smallest absolute Gasteiger partial charge is 0.320 e. The molecule has 2 rings (SSSR count). The first-order valence-corrected chi connectivity index (χ1v) is 7.74. The van der Waals surface area contributed by atoms with E-state index in [2.05, 4.69) is 5.32 Å². The van der Waals surface area contributed by atoms with Gasteiger partial charge in [-0.2, -0.15) is 0 Å². The molecule has 7 nitrogen and oxygen atoms in total. The Balaban J connectivity index is 1.76. The molecule has 0 aromatic heterocycles. The molecule has 1 aliphatic rings. The van der Waals surface area contributed by atoms with Crippen molar-refractivity contribution in [3.8, 4) is 11.5 Å². The van der Waals surface area contributed by atoms with Gasteiger partial charge in [0, 0.05) is 33.1 Å². The van der Waals surface area contributed by atoms with Gasteiger partial charge in [0.05, 0.1) is 6.61 Å². The predicted molar refractivity (Wildman–Crippen MR) is 85.5 cm³/mol. The van der Waals surface area contributed by atoms with Crippen LogP contribution in [0.25, 0.3) is 0 Å². The maximum atomic E-state index is 12.1. The number of carbonyl (C=O) groups is 2. The summed E-state index contributed by atoms with van der Waals surface area (Å²) < 4.78 is 11.0. The van der Waals surface area contributed by atoms with Crippen LogP contribution in [0, 0.1) is 0 Å². The summed E-state index contributed by atoms with van der Waals surface area (Å²) in [5, 5.41) is 2.72. The average Bonchev–Trinajstić information content (AvgIpc) is 2.56. The van der Waals surface area contributed by atoms with E-state index >= 15 is 0 Å².